The van der Waals surface area contributed by atoms with Crippen molar-refractivity contribution in [1.29, 1.82) is 0 Å². The van der Waals surface area contributed by atoms with Gasteiger partial charge in [0, 0.05) is 24.1 Å². The minimum Gasteiger partial charge on any atom is -0.355 e. The van der Waals surface area contributed by atoms with Crippen molar-refractivity contribution < 1.29 is 13.7 Å². The normalized spacial score (nSPS) is 10.7. The fourth-order valence-corrected chi connectivity index (χ4v) is 2.82. The molecule has 0 unspecified atom stereocenters. The zero-order valence-corrected chi connectivity index (χ0v) is 15.1. The van der Waals surface area contributed by atoms with Crippen molar-refractivity contribution in [1.82, 2.24) is 14.7 Å². The maximum absolute atomic E-state index is 13.9. The number of hydrogen-bond acceptors (Lipinski definition) is 5. The number of carbonyl (C=O) groups is 1. The Balaban J connectivity index is 1.50. The second kappa shape index (κ2) is 7.89. The largest absolute Gasteiger partial charge is 0.355 e. The van der Waals surface area contributed by atoms with E-state index in [2.05, 4.69) is 15.5 Å². The van der Waals surface area contributed by atoms with Gasteiger partial charge in [0.25, 0.3) is 5.91 Å². The highest BCUT2D eigenvalue weighted by atomic mass is 19.1. The molecule has 1 amide bonds. The Kier molecular flexibility index (Phi) is 4.98. The van der Waals surface area contributed by atoms with E-state index in [4.69, 9.17) is 4.52 Å². The zero-order chi connectivity index (χ0) is 20.2. The van der Waals surface area contributed by atoms with Crippen molar-refractivity contribution in [3.05, 3.63) is 101 Å². The van der Waals surface area contributed by atoms with Gasteiger partial charge in [-0.1, -0.05) is 29.4 Å². The molecule has 0 atom stereocenters. The molecule has 0 aliphatic heterocycles. The molecule has 0 radical (unpaired) electrons. The number of amides is 1. The first-order valence-corrected chi connectivity index (χ1v) is 8.73. The van der Waals surface area contributed by atoms with Gasteiger partial charge < -0.3 is 9.84 Å². The molecule has 0 saturated heterocycles. The zero-order valence-electron chi connectivity index (χ0n) is 15.1. The number of hydrogen-bond donors (Lipinski definition) is 1. The monoisotopic (exact) mass is 390 g/mol. The number of aromatic nitrogens is 3. The molecule has 0 spiro atoms. The van der Waals surface area contributed by atoms with Gasteiger partial charge in [-0.15, -0.1) is 0 Å². The van der Waals surface area contributed by atoms with Crippen LogP contribution in [-0.2, 0) is 6.54 Å². The van der Waals surface area contributed by atoms with Crippen molar-refractivity contribution >= 4 is 11.6 Å². The number of benzene rings is 2. The number of rotatable bonds is 5. The summed E-state index contributed by atoms with van der Waals surface area (Å²) in [5.41, 5.74) is 1.23. The molecule has 0 fully saturated rings. The van der Waals surface area contributed by atoms with Gasteiger partial charge in [0.1, 0.15) is 5.82 Å². The molecule has 0 saturated carbocycles. The third-order valence-corrected chi connectivity index (χ3v) is 4.20. The Morgan fingerprint density at radius 3 is 2.79 bits per heavy atom. The van der Waals surface area contributed by atoms with Crippen molar-refractivity contribution in [3.63, 3.8) is 0 Å². The van der Waals surface area contributed by atoms with E-state index in [1.165, 1.54) is 22.9 Å². The summed E-state index contributed by atoms with van der Waals surface area (Å²) < 4.78 is 20.4. The molecule has 8 heteroatoms. The first kappa shape index (κ1) is 18.3. The SMILES string of the molecule is O=C(Nc1cccc(Cn2cccnc2=O)c1)c1cc(-c2ccccc2F)on1. The number of anilines is 1. The van der Waals surface area contributed by atoms with Gasteiger partial charge in [0.2, 0.25) is 0 Å². The predicted molar refractivity (Wildman–Crippen MR) is 104 cm³/mol. The molecule has 2 heterocycles. The first-order valence-electron chi connectivity index (χ1n) is 8.73. The summed E-state index contributed by atoms with van der Waals surface area (Å²) in [6, 6.07) is 16.2. The van der Waals surface area contributed by atoms with Crippen LogP contribution in [0.25, 0.3) is 11.3 Å². The van der Waals surface area contributed by atoms with Crippen LogP contribution in [0.5, 0.6) is 0 Å². The highest BCUT2D eigenvalue weighted by Crippen LogP contribution is 2.23. The van der Waals surface area contributed by atoms with E-state index < -0.39 is 11.7 Å². The van der Waals surface area contributed by atoms with Crippen LogP contribution in [0, 0.1) is 5.82 Å². The van der Waals surface area contributed by atoms with Crippen LogP contribution in [0.1, 0.15) is 16.1 Å². The van der Waals surface area contributed by atoms with Crippen molar-refractivity contribution in [2.24, 2.45) is 0 Å². The summed E-state index contributed by atoms with van der Waals surface area (Å²) in [7, 11) is 0. The molecule has 0 aliphatic rings. The Morgan fingerprint density at radius 2 is 1.97 bits per heavy atom. The third kappa shape index (κ3) is 4.11. The van der Waals surface area contributed by atoms with Gasteiger partial charge in [-0.25, -0.2) is 14.2 Å². The Hall–Kier alpha value is -4.07. The minimum atomic E-state index is -0.493. The standard InChI is InChI=1S/C21H15FN4O3/c22-17-8-2-1-7-16(17)19-12-18(25-29-19)20(27)24-15-6-3-5-14(11-15)13-26-10-4-9-23-21(26)28/h1-12H,13H2,(H,24,27). The third-order valence-electron chi connectivity index (χ3n) is 4.20. The van der Waals surface area contributed by atoms with Crippen LogP contribution in [0.4, 0.5) is 10.1 Å². The van der Waals surface area contributed by atoms with E-state index in [9.17, 15) is 14.0 Å². The Morgan fingerprint density at radius 1 is 1.10 bits per heavy atom. The van der Waals surface area contributed by atoms with Gasteiger partial charge >= 0.3 is 5.69 Å². The van der Waals surface area contributed by atoms with Gasteiger partial charge in [0.15, 0.2) is 11.5 Å². The molecule has 29 heavy (non-hydrogen) atoms. The molecular formula is C21H15FN4O3. The quantitative estimate of drug-likeness (QED) is 0.564. The summed E-state index contributed by atoms with van der Waals surface area (Å²) in [6.07, 6.45) is 3.07. The van der Waals surface area contributed by atoms with E-state index in [0.29, 0.717) is 12.2 Å². The maximum atomic E-state index is 13.9. The van der Waals surface area contributed by atoms with Crippen LogP contribution >= 0.6 is 0 Å². The lowest BCUT2D eigenvalue weighted by molar-refractivity contribution is 0.101. The molecule has 0 bridgehead atoms. The summed E-state index contributed by atoms with van der Waals surface area (Å²) in [5, 5.41) is 6.44. The van der Waals surface area contributed by atoms with E-state index >= 15 is 0 Å². The molecule has 2 aromatic carbocycles. The molecule has 144 valence electrons. The highest BCUT2D eigenvalue weighted by Gasteiger charge is 2.16. The van der Waals surface area contributed by atoms with Gasteiger partial charge in [-0.2, -0.15) is 0 Å². The molecule has 0 aliphatic carbocycles. The van der Waals surface area contributed by atoms with Crippen LogP contribution in [0.15, 0.2) is 82.4 Å². The van der Waals surface area contributed by atoms with Gasteiger partial charge in [0.05, 0.1) is 12.1 Å². The second-order valence-electron chi connectivity index (χ2n) is 6.24. The number of nitrogens with zero attached hydrogens (tertiary/aromatic N) is 3. The van der Waals surface area contributed by atoms with E-state index in [-0.39, 0.29) is 22.7 Å². The smallest absolute Gasteiger partial charge is 0.347 e. The average molecular weight is 390 g/mol. The fraction of sp³-hybridized carbons (Fsp3) is 0.0476. The average Bonchev–Trinajstić information content (AvgIpc) is 3.21. The topological polar surface area (TPSA) is 90.0 Å². The molecule has 7 nitrogen and oxygen atoms in total. The Bertz CT molecular complexity index is 1230. The first-order chi connectivity index (χ1) is 14.1. The molecule has 4 aromatic rings. The summed E-state index contributed by atoms with van der Waals surface area (Å²) in [5.74, 6) is -0.793. The summed E-state index contributed by atoms with van der Waals surface area (Å²) in [4.78, 5) is 27.9. The lowest BCUT2D eigenvalue weighted by atomic mass is 10.1. The van der Waals surface area contributed by atoms with Gasteiger partial charge in [-0.3, -0.25) is 9.36 Å². The van der Waals surface area contributed by atoms with E-state index in [1.54, 1.807) is 48.7 Å². The number of nitrogens with one attached hydrogen (secondary N) is 1. The number of halogens is 1. The van der Waals surface area contributed by atoms with Crippen molar-refractivity contribution in [2.75, 3.05) is 5.32 Å². The van der Waals surface area contributed by atoms with Crippen LogP contribution in [-0.4, -0.2) is 20.6 Å². The lowest BCUT2D eigenvalue weighted by Crippen LogP contribution is -2.22. The molecule has 1 N–H and O–H groups in total. The van der Waals surface area contributed by atoms with Crippen molar-refractivity contribution in [3.8, 4) is 11.3 Å². The second-order valence-corrected chi connectivity index (χ2v) is 6.24. The molecule has 4 rings (SSSR count). The fourth-order valence-electron chi connectivity index (χ4n) is 2.82. The lowest BCUT2D eigenvalue weighted by Gasteiger charge is -2.07. The molecule has 2 aromatic heterocycles. The van der Waals surface area contributed by atoms with E-state index in [0.717, 1.165) is 5.56 Å². The van der Waals surface area contributed by atoms with Crippen LogP contribution in [0.3, 0.4) is 0 Å². The van der Waals surface area contributed by atoms with Crippen molar-refractivity contribution in [2.45, 2.75) is 6.54 Å². The predicted octanol–water partition coefficient (Wildman–Crippen LogP) is 3.34. The van der Waals surface area contributed by atoms with Gasteiger partial charge in [-0.05, 0) is 35.9 Å². The molecular weight excluding hydrogens is 375 g/mol. The Labute approximate surface area is 164 Å². The highest BCUT2D eigenvalue weighted by molar-refractivity contribution is 6.03. The van der Waals surface area contributed by atoms with Crippen LogP contribution in [0.2, 0.25) is 0 Å². The van der Waals surface area contributed by atoms with E-state index in [1.807, 2.05) is 6.07 Å². The summed E-state index contributed by atoms with van der Waals surface area (Å²) in [6.45, 7) is 0.317. The number of carbonyl (C=O) groups excluding carboxylic acids is 1. The summed E-state index contributed by atoms with van der Waals surface area (Å²) >= 11 is 0. The maximum Gasteiger partial charge on any atom is 0.347 e. The minimum absolute atomic E-state index is 0.0251. The van der Waals surface area contributed by atoms with Crippen LogP contribution < -0.4 is 11.0 Å².